The Morgan fingerprint density at radius 3 is 2.17 bits per heavy atom. The van der Waals surface area contributed by atoms with Crippen LogP contribution in [0.3, 0.4) is 0 Å². The van der Waals surface area contributed by atoms with Crippen LogP contribution in [-0.4, -0.2) is 19.3 Å². The third-order valence-corrected chi connectivity index (χ3v) is 5.52. The van der Waals surface area contributed by atoms with Gasteiger partial charge in [-0.2, -0.15) is 0 Å². The van der Waals surface area contributed by atoms with Crippen LogP contribution in [-0.2, 0) is 9.47 Å². The Morgan fingerprint density at radius 2 is 1.50 bits per heavy atom. The Balaban J connectivity index is 2.05. The quantitative estimate of drug-likeness (QED) is 0.760. The summed E-state index contributed by atoms with van der Waals surface area (Å²) < 4.78 is 11.0. The minimum atomic E-state index is -0.488. The van der Waals surface area contributed by atoms with Crippen LogP contribution >= 0.6 is 0 Å². The lowest BCUT2D eigenvalue weighted by molar-refractivity contribution is 0.207. The summed E-state index contributed by atoms with van der Waals surface area (Å²) in [6.07, 6.45) is 19.0. The van der Waals surface area contributed by atoms with Gasteiger partial charge in [0, 0.05) is 16.6 Å². The van der Waals surface area contributed by atoms with Crippen LogP contribution in [0.25, 0.3) is 0 Å². The topological polar surface area (TPSA) is 38.7 Å². The summed E-state index contributed by atoms with van der Waals surface area (Å²) in [6.45, 7) is 4.29. The Labute approximate surface area is 142 Å². The van der Waals surface area contributed by atoms with Crippen molar-refractivity contribution in [3.63, 3.8) is 0 Å². The van der Waals surface area contributed by atoms with E-state index in [0.29, 0.717) is 17.3 Å². The molecule has 0 aromatic heterocycles. The van der Waals surface area contributed by atoms with E-state index in [1.165, 1.54) is 0 Å². The van der Waals surface area contributed by atoms with Crippen LogP contribution in [0.1, 0.15) is 13.8 Å². The number of aliphatic hydroxyl groups is 1. The van der Waals surface area contributed by atoms with Crippen molar-refractivity contribution >= 4 is 0 Å². The molecule has 0 saturated carbocycles. The first-order valence-electron chi connectivity index (χ1n) is 8.17. The smallest absolute Gasteiger partial charge is 0.160 e. The Bertz CT molecular complexity index is 829. The van der Waals surface area contributed by atoms with Crippen LogP contribution in [0, 0.1) is 16.2 Å². The summed E-state index contributed by atoms with van der Waals surface area (Å²) in [6, 6.07) is 0. The molecule has 24 heavy (non-hydrogen) atoms. The number of rotatable bonds is 2. The molecule has 4 rings (SSSR count). The molecule has 0 amide bonds. The van der Waals surface area contributed by atoms with Gasteiger partial charge in [-0.05, 0) is 12.2 Å². The van der Waals surface area contributed by atoms with E-state index < -0.39 is 10.8 Å². The van der Waals surface area contributed by atoms with Gasteiger partial charge in [-0.25, -0.2) is 0 Å². The molecule has 1 N–H and O–H groups in total. The van der Waals surface area contributed by atoms with Crippen LogP contribution in [0.5, 0.6) is 0 Å². The highest BCUT2D eigenvalue weighted by Gasteiger charge is 2.60. The monoisotopic (exact) mass is 322 g/mol. The zero-order chi connectivity index (χ0) is 17.2. The van der Waals surface area contributed by atoms with Gasteiger partial charge in [0.2, 0.25) is 0 Å². The molecule has 4 aliphatic rings. The fourth-order valence-corrected chi connectivity index (χ4v) is 4.32. The minimum Gasteiger partial charge on any atom is -0.507 e. The average Bonchev–Trinajstić information content (AvgIpc) is 2.78. The van der Waals surface area contributed by atoms with E-state index in [1.54, 1.807) is 14.2 Å². The molecule has 2 spiro atoms. The third-order valence-electron chi connectivity index (χ3n) is 5.52. The van der Waals surface area contributed by atoms with Crippen molar-refractivity contribution in [2.45, 2.75) is 13.8 Å². The highest BCUT2D eigenvalue weighted by molar-refractivity contribution is 5.69. The fraction of sp³-hybridized carbons (Fsp3) is 0.333. The summed E-state index contributed by atoms with van der Waals surface area (Å²) in [5.41, 5.74) is 0.801. The first-order valence-corrected chi connectivity index (χ1v) is 8.17. The summed E-state index contributed by atoms with van der Waals surface area (Å²) in [5, 5.41) is 11.1. The molecule has 2 atom stereocenters. The molecule has 2 unspecified atom stereocenters. The maximum atomic E-state index is 11.1. The van der Waals surface area contributed by atoms with Gasteiger partial charge >= 0.3 is 0 Å². The maximum Gasteiger partial charge on any atom is 0.160 e. The van der Waals surface area contributed by atoms with E-state index in [-0.39, 0.29) is 5.41 Å². The SMILES string of the molecule is COC1=CC2=C(O)C3=CC(C)(C)C=CC34C=CC=CC24C=C1OC. The number of hydrogen-bond donors (Lipinski definition) is 1. The largest absolute Gasteiger partial charge is 0.507 e. The van der Waals surface area contributed by atoms with Crippen molar-refractivity contribution in [1.82, 2.24) is 0 Å². The number of hydrogen-bond acceptors (Lipinski definition) is 3. The lowest BCUT2D eigenvalue weighted by Gasteiger charge is -2.46. The lowest BCUT2D eigenvalue weighted by atomic mass is 9.56. The molecule has 0 heterocycles. The normalized spacial score (nSPS) is 34.8. The molecule has 0 radical (unpaired) electrons. The van der Waals surface area contributed by atoms with Gasteiger partial charge in [0.25, 0.3) is 0 Å². The second-order valence-electron chi connectivity index (χ2n) is 7.36. The molecule has 3 heteroatoms. The summed E-state index contributed by atoms with van der Waals surface area (Å²) >= 11 is 0. The van der Waals surface area contributed by atoms with Crippen molar-refractivity contribution in [1.29, 1.82) is 0 Å². The predicted octanol–water partition coefficient (Wildman–Crippen LogP) is 4.51. The number of aliphatic hydroxyl groups excluding tert-OH is 1. The van der Waals surface area contributed by atoms with E-state index in [0.717, 1.165) is 11.1 Å². The standard InChI is InChI=1S/C21H22O3/c1-19(2)9-10-20-7-5-6-8-21(20)13-17(24-4)16(23-3)11-14(21)18(22)15(20)12-19/h5-13,22H,1-4H3. The van der Waals surface area contributed by atoms with Gasteiger partial charge in [-0.3, -0.25) is 0 Å². The van der Waals surface area contributed by atoms with E-state index in [4.69, 9.17) is 9.47 Å². The first kappa shape index (κ1) is 15.1. The zero-order valence-electron chi connectivity index (χ0n) is 14.5. The van der Waals surface area contributed by atoms with Crippen molar-refractivity contribution in [3.05, 3.63) is 83.1 Å². The Kier molecular flexibility index (Phi) is 2.88. The van der Waals surface area contributed by atoms with E-state index in [2.05, 4.69) is 50.3 Å². The second kappa shape index (κ2) is 4.56. The van der Waals surface area contributed by atoms with Crippen LogP contribution in [0.2, 0.25) is 0 Å². The summed E-state index contributed by atoms with van der Waals surface area (Å²) in [4.78, 5) is 0. The molecule has 124 valence electrons. The molecule has 4 aliphatic carbocycles. The van der Waals surface area contributed by atoms with E-state index >= 15 is 0 Å². The number of ether oxygens (including phenoxy) is 2. The lowest BCUT2D eigenvalue weighted by Crippen LogP contribution is -2.39. The van der Waals surface area contributed by atoms with Gasteiger partial charge in [0.05, 0.1) is 25.0 Å². The molecule has 0 aromatic carbocycles. The van der Waals surface area contributed by atoms with Crippen molar-refractivity contribution < 1.29 is 14.6 Å². The Hall–Kier alpha value is -2.42. The molecule has 0 bridgehead atoms. The number of methoxy groups -OCH3 is 2. The van der Waals surface area contributed by atoms with Gasteiger partial charge in [0.1, 0.15) is 5.76 Å². The maximum absolute atomic E-state index is 11.1. The Morgan fingerprint density at radius 1 is 0.833 bits per heavy atom. The van der Waals surface area contributed by atoms with Gasteiger partial charge in [-0.15, -0.1) is 0 Å². The average molecular weight is 322 g/mol. The minimum absolute atomic E-state index is 0.0968. The molecular weight excluding hydrogens is 300 g/mol. The second-order valence-corrected chi connectivity index (χ2v) is 7.36. The van der Waals surface area contributed by atoms with Crippen LogP contribution in [0.15, 0.2) is 83.1 Å². The van der Waals surface area contributed by atoms with E-state index in [1.807, 2.05) is 18.2 Å². The molecule has 0 aromatic rings. The highest BCUT2D eigenvalue weighted by Crippen LogP contribution is 2.66. The predicted molar refractivity (Wildman–Crippen MR) is 94.0 cm³/mol. The van der Waals surface area contributed by atoms with Gasteiger partial charge in [-0.1, -0.05) is 56.4 Å². The third kappa shape index (κ3) is 1.62. The van der Waals surface area contributed by atoms with Crippen molar-refractivity contribution in [3.8, 4) is 0 Å². The first-order chi connectivity index (χ1) is 11.4. The zero-order valence-corrected chi connectivity index (χ0v) is 14.5. The summed E-state index contributed by atoms with van der Waals surface area (Å²) in [7, 11) is 3.26. The van der Waals surface area contributed by atoms with Crippen molar-refractivity contribution in [2.75, 3.05) is 14.2 Å². The number of allylic oxidation sites excluding steroid dienone is 11. The summed E-state index contributed by atoms with van der Waals surface area (Å²) in [5.74, 6) is 1.66. The van der Waals surface area contributed by atoms with E-state index in [9.17, 15) is 5.11 Å². The fourth-order valence-electron chi connectivity index (χ4n) is 4.32. The molecule has 0 fully saturated rings. The van der Waals surface area contributed by atoms with Crippen LogP contribution in [0.4, 0.5) is 0 Å². The highest BCUT2D eigenvalue weighted by atomic mass is 16.5. The van der Waals surface area contributed by atoms with Crippen LogP contribution < -0.4 is 0 Å². The molecule has 0 aliphatic heterocycles. The molecule has 0 saturated heterocycles. The van der Waals surface area contributed by atoms with Gasteiger partial charge < -0.3 is 14.6 Å². The van der Waals surface area contributed by atoms with Crippen molar-refractivity contribution in [2.24, 2.45) is 16.2 Å². The molecular formula is C21H22O3. The van der Waals surface area contributed by atoms with Gasteiger partial charge in [0.15, 0.2) is 11.5 Å². The molecule has 3 nitrogen and oxygen atoms in total.